The number of hydrogen-bond acceptors (Lipinski definition) is 3. The zero-order valence-corrected chi connectivity index (χ0v) is 16.7. The van der Waals surface area contributed by atoms with E-state index in [1.165, 1.54) is 26.8 Å². The molecule has 4 aromatic rings. The molecule has 0 unspecified atom stereocenters. The van der Waals surface area contributed by atoms with Crippen LogP contribution in [0.25, 0.3) is 10.8 Å². The third-order valence-electron chi connectivity index (χ3n) is 4.66. The summed E-state index contributed by atoms with van der Waals surface area (Å²) in [4.78, 5) is 14.1. The van der Waals surface area contributed by atoms with E-state index >= 15 is 0 Å². The smallest absolute Gasteiger partial charge is 0.164 e. The van der Waals surface area contributed by atoms with Gasteiger partial charge < -0.3 is 0 Å². The number of fused-ring (bicyclic) bond motifs is 1. The average molecular weight is 389 g/mol. The molecule has 0 aliphatic heterocycles. The van der Waals surface area contributed by atoms with Gasteiger partial charge in [0, 0.05) is 22.1 Å². The van der Waals surface area contributed by atoms with Gasteiger partial charge >= 0.3 is 0 Å². The second-order valence-corrected chi connectivity index (χ2v) is 8.72. The monoisotopic (exact) mass is 388 g/mol. The van der Waals surface area contributed by atoms with Gasteiger partial charge in [-0.15, -0.1) is 11.8 Å². The molecule has 0 bridgehead atoms. The summed E-state index contributed by atoms with van der Waals surface area (Å²) in [7, 11) is 0. The Morgan fingerprint density at radius 1 is 0.963 bits per heavy atom. The van der Waals surface area contributed by atoms with Crippen molar-refractivity contribution in [2.24, 2.45) is 0 Å². The molecule has 0 aliphatic rings. The van der Waals surface area contributed by atoms with Crippen molar-refractivity contribution in [2.45, 2.75) is 23.5 Å². The molecular weight excluding hydrogens is 368 g/mol. The van der Waals surface area contributed by atoms with E-state index in [9.17, 15) is 4.79 Å². The first-order valence-corrected chi connectivity index (χ1v) is 10.8. The molecular formula is C24H20OS2. The van der Waals surface area contributed by atoms with E-state index in [0.717, 1.165) is 5.56 Å². The van der Waals surface area contributed by atoms with Gasteiger partial charge in [-0.2, -0.15) is 11.3 Å². The maximum absolute atomic E-state index is 12.9. The van der Waals surface area contributed by atoms with Gasteiger partial charge in [0.25, 0.3) is 0 Å². The molecule has 1 nitrogen and oxygen atoms in total. The van der Waals surface area contributed by atoms with E-state index in [4.69, 9.17) is 0 Å². The van der Waals surface area contributed by atoms with Crippen molar-refractivity contribution in [1.82, 2.24) is 0 Å². The summed E-state index contributed by atoms with van der Waals surface area (Å²) in [5, 5.41) is 6.83. The Kier molecular flexibility index (Phi) is 5.42. The molecule has 1 aromatic heterocycles. The number of thioether (sulfide) groups is 1. The fourth-order valence-corrected chi connectivity index (χ4v) is 5.10. The van der Waals surface area contributed by atoms with Gasteiger partial charge in [-0.25, -0.2) is 0 Å². The minimum Gasteiger partial charge on any atom is -0.294 e. The van der Waals surface area contributed by atoms with E-state index in [1.807, 2.05) is 31.2 Å². The first kappa shape index (κ1) is 18.0. The molecule has 0 saturated heterocycles. The van der Waals surface area contributed by atoms with Crippen LogP contribution in [0.3, 0.4) is 0 Å². The first-order valence-electron chi connectivity index (χ1n) is 8.96. The van der Waals surface area contributed by atoms with Gasteiger partial charge in [-0.3, -0.25) is 4.79 Å². The summed E-state index contributed by atoms with van der Waals surface area (Å²) >= 11 is 3.45. The Labute approximate surface area is 168 Å². The maximum atomic E-state index is 12.9. The van der Waals surface area contributed by atoms with Crippen molar-refractivity contribution in [3.63, 3.8) is 0 Å². The average Bonchev–Trinajstić information content (AvgIpc) is 3.22. The molecule has 0 fully saturated rings. The number of aryl methyl sites for hydroxylation is 1. The van der Waals surface area contributed by atoms with Crippen LogP contribution in [0.5, 0.6) is 0 Å². The van der Waals surface area contributed by atoms with E-state index in [1.54, 1.807) is 23.1 Å². The van der Waals surface area contributed by atoms with Crippen molar-refractivity contribution in [2.75, 3.05) is 0 Å². The second kappa shape index (κ2) is 8.12. The van der Waals surface area contributed by atoms with E-state index < -0.39 is 0 Å². The largest absolute Gasteiger partial charge is 0.294 e. The van der Waals surface area contributed by atoms with E-state index in [-0.39, 0.29) is 11.0 Å². The summed E-state index contributed by atoms with van der Waals surface area (Å²) in [6.45, 7) is 2.04. The van der Waals surface area contributed by atoms with Crippen LogP contribution in [0, 0.1) is 6.92 Å². The molecule has 1 heterocycles. The van der Waals surface area contributed by atoms with E-state index in [2.05, 4.69) is 59.3 Å². The van der Waals surface area contributed by atoms with Crippen LogP contribution in [0.4, 0.5) is 0 Å². The summed E-state index contributed by atoms with van der Waals surface area (Å²) in [6.07, 6.45) is 0.497. The van der Waals surface area contributed by atoms with Crippen LogP contribution in [0.2, 0.25) is 0 Å². The molecule has 134 valence electrons. The van der Waals surface area contributed by atoms with Crippen molar-refractivity contribution in [3.8, 4) is 0 Å². The lowest BCUT2D eigenvalue weighted by molar-refractivity contribution is 0.0982. The van der Waals surface area contributed by atoms with Crippen molar-refractivity contribution in [3.05, 3.63) is 100 Å². The van der Waals surface area contributed by atoms with Crippen LogP contribution in [0.1, 0.15) is 33.2 Å². The molecule has 0 N–H and O–H groups in total. The fourth-order valence-electron chi connectivity index (χ4n) is 3.12. The van der Waals surface area contributed by atoms with Crippen LogP contribution in [-0.4, -0.2) is 5.78 Å². The molecule has 4 rings (SSSR count). The number of benzene rings is 3. The van der Waals surface area contributed by atoms with Crippen molar-refractivity contribution < 1.29 is 4.79 Å². The Balaban J connectivity index is 1.59. The molecule has 0 radical (unpaired) electrons. The molecule has 27 heavy (non-hydrogen) atoms. The van der Waals surface area contributed by atoms with Gasteiger partial charge in [0.15, 0.2) is 5.78 Å². The normalized spacial score (nSPS) is 12.2. The number of ketones is 1. The topological polar surface area (TPSA) is 17.1 Å². The summed E-state index contributed by atoms with van der Waals surface area (Å²) in [6, 6.07) is 24.9. The van der Waals surface area contributed by atoms with Gasteiger partial charge in [0.05, 0.1) is 0 Å². The molecule has 3 aromatic carbocycles. The molecule has 0 spiro atoms. The first-order chi connectivity index (χ1) is 13.2. The lowest BCUT2D eigenvalue weighted by Gasteiger charge is -2.16. The van der Waals surface area contributed by atoms with Crippen LogP contribution < -0.4 is 0 Å². The van der Waals surface area contributed by atoms with Gasteiger partial charge in [-0.05, 0) is 52.2 Å². The molecule has 0 saturated carbocycles. The van der Waals surface area contributed by atoms with Gasteiger partial charge in [-0.1, -0.05) is 60.2 Å². The highest BCUT2D eigenvalue weighted by Crippen LogP contribution is 2.40. The number of Topliss-reactive ketones (excluding diaryl/α,β-unsaturated/α-hetero) is 1. The van der Waals surface area contributed by atoms with Gasteiger partial charge in [0.1, 0.15) is 0 Å². The molecule has 0 aliphatic carbocycles. The minimum atomic E-state index is 0.117. The Morgan fingerprint density at radius 3 is 2.48 bits per heavy atom. The number of hydrogen-bond donors (Lipinski definition) is 0. The summed E-state index contributed by atoms with van der Waals surface area (Å²) in [5.41, 5.74) is 3.19. The number of carbonyl (C=O) groups is 1. The third-order valence-corrected chi connectivity index (χ3v) is 6.61. The van der Waals surface area contributed by atoms with Crippen LogP contribution in [0.15, 0.2) is 88.5 Å². The number of thiophene rings is 1. The Morgan fingerprint density at radius 2 is 1.74 bits per heavy atom. The van der Waals surface area contributed by atoms with Crippen LogP contribution >= 0.6 is 23.1 Å². The quantitative estimate of drug-likeness (QED) is 0.254. The highest BCUT2D eigenvalue weighted by Gasteiger charge is 2.19. The minimum absolute atomic E-state index is 0.117. The van der Waals surface area contributed by atoms with Gasteiger partial charge in [0.2, 0.25) is 0 Å². The van der Waals surface area contributed by atoms with Crippen molar-refractivity contribution in [1.29, 1.82) is 0 Å². The molecule has 1 atom stereocenters. The predicted molar refractivity (Wildman–Crippen MR) is 117 cm³/mol. The summed E-state index contributed by atoms with van der Waals surface area (Å²) < 4.78 is 0. The highest BCUT2D eigenvalue weighted by atomic mass is 32.2. The second-order valence-electron chi connectivity index (χ2n) is 6.67. The summed E-state index contributed by atoms with van der Waals surface area (Å²) in [5.74, 6) is 0.194. The Hall–Kier alpha value is -2.36. The predicted octanol–water partition coefficient (Wildman–Crippen LogP) is 7.32. The fraction of sp³-hybridized carbons (Fsp3) is 0.125. The maximum Gasteiger partial charge on any atom is 0.164 e. The van der Waals surface area contributed by atoms with Crippen molar-refractivity contribution >= 4 is 39.7 Å². The third kappa shape index (κ3) is 4.32. The molecule has 0 amide bonds. The van der Waals surface area contributed by atoms with E-state index in [0.29, 0.717) is 6.42 Å². The number of rotatable bonds is 6. The zero-order valence-electron chi connectivity index (χ0n) is 15.1. The SMILES string of the molecule is Cc1ccc(C(=O)C[C@@H](Sc2ccc3ccccc3c2)c2ccsc2)cc1. The lowest BCUT2D eigenvalue weighted by atomic mass is 10.0. The highest BCUT2D eigenvalue weighted by molar-refractivity contribution is 7.99. The number of carbonyl (C=O) groups excluding carboxylic acids is 1. The van der Waals surface area contributed by atoms with Crippen LogP contribution in [-0.2, 0) is 0 Å². The Bertz CT molecular complexity index is 1050. The lowest BCUT2D eigenvalue weighted by Crippen LogP contribution is -2.05. The molecule has 3 heteroatoms. The zero-order chi connectivity index (χ0) is 18.6. The standard InChI is InChI=1S/C24H20OS2/c1-17-6-8-19(9-7-17)23(25)15-24(21-12-13-26-16-21)27-22-11-10-18-4-2-3-5-20(18)14-22/h2-14,16,24H,15H2,1H3/t24-/m1/s1.